The van der Waals surface area contributed by atoms with Crippen LogP contribution in [0.2, 0.25) is 15.1 Å². The first kappa shape index (κ1) is 29.0. The summed E-state index contributed by atoms with van der Waals surface area (Å²) in [4.78, 5) is 33.3. The lowest BCUT2D eigenvalue weighted by Crippen LogP contribution is -2.41. The molecule has 1 aromatic heterocycles. The van der Waals surface area contributed by atoms with Gasteiger partial charge in [0.15, 0.2) is 5.78 Å². The predicted molar refractivity (Wildman–Crippen MR) is 142 cm³/mol. The molecular formula is C26H27Cl3F2N4O2. The minimum Gasteiger partial charge on any atom is -0.370 e. The van der Waals surface area contributed by atoms with Gasteiger partial charge >= 0.3 is 0 Å². The Morgan fingerprint density at radius 1 is 1.08 bits per heavy atom. The van der Waals surface area contributed by atoms with E-state index in [0.717, 1.165) is 37.0 Å². The molecule has 1 saturated carbocycles. The molecule has 0 bridgehead atoms. The molecule has 6 nitrogen and oxygen atoms in total. The van der Waals surface area contributed by atoms with E-state index in [4.69, 9.17) is 40.2 Å². The van der Waals surface area contributed by atoms with E-state index in [0.29, 0.717) is 16.8 Å². The molecule has 0 radical (unpaired) electrons. The summed E-state index contributed by atoms with van der Waals surface area (Å²) in [7, 11) is 1.53. The van der Waals surface area contributed by atoms with Crippen molar-refractivity contribution in [2.75, 3.05) is 13.6 Å². The van der Waals surface area contributed by atoms with Crippen LogP contribution in [0.3, 0.4) is 0 Å². The zero-order valence-electron chi connectivity index (χ0n) is 20.2. The fourth-order valence-corrected chi connectivity index (χ4v) is 5.18. The van der Waals surface area contributed by atoms with Gasteiger partial charge in [0.2, 0.25) is 0 Å². The van der Waals surface area contributed by atoms with Gasteiger partial charge in [0.05, 0.1) is 33.4 Å². The maximum Gasteiger partial charge on any atom is 0.278 e. The van der Waals surface area contributed by atoms with Crippen molar-refractivity contribution >= 4 is 52.7 Å². The number of ketones is 1. The van der Waals surface area contributed by atoms with E-state index in [1.165, 1.54) is 24.3 Å². The topological polar surface area (TPSA) is 77.4 Å². The Morgan fingerprint density at radius 3 is 2.22 bits per heavy atom. The highest BCUT2D eigenvalue weighted by Gasteiger charge is 2.32. The van der Waals surface area contributed by atoms with Gasteiger partial charge in [0.25, 0.3) is 12.3 Å². The van der Waals surface area contributed by atoms with Crippen molar-refractivity contribution in [1.29, 1.82) is 5.41 Å². The van der Waals surface area contributed by atoms with E-state index in [1.54, 1.807) is 24.3 Å². The number of hydrogen-bond donors (Lipinski definition) is 1. The second-order valence-corrected chi connectivity index (χ2v) is 10.1. The van der Waals surface area contributed by atoms with Crippen LogP contribution in [-0.4, -0.2) is 58.7 Å². The summed E-state index contributed by atoms with van der Waals surface area (Å²) in [5, 5.41) is 8.38. The highest BCUT2D eigenvalue weighted by Crippen LogP contribution is 2.29. The predicted octanol–water partition coefficient (Wildman–Crippen LogP) is 6.69. The molecule has 1 amide bonds. The van der Waals surface area contributed by atoms with Crippen LogP contribution in [0.25, 0.3) is 0 Å². The number of pyridine rings is 1. The minimum atomic E-state index is -3.00. The quantitative estimate of drug-likeness (QED) is 0.196. The zero-order valence-corrected chi connectivity index (χ0v) is 22.5. The summed E-state index contributed by atoms with van der Waals surface area (Å²) in [6.07, 6.45) is 4.43. The average Bonchev–Trinajstić information content (AvgIpc) is 2.87. The van der Waals surface area contributed by atoms with Crippen molar-refractivity contribution in [2.24, 2.45) is 0 Å². The molecule has 0 spiro atoms. The van der Waals surface area contributed by atoms with Crippen molar-refractivity contribution in [1.82, 2.24) is 14.8 Å². The summed E-state index contributed by atoms with van der Waals surface area (Å²) in [5.74, 6) is -1.47. The van der Waals surface area contributed by atoms with E-state index >= 15 is 0 Å². The molecule has 3 rings (SSSR count). The first-order valence-corrected chi connectivity index (χ1v) is 12.9. The molecular weight excluding hydrogens is 545 g/mol. The van der Waals surface area contributed by atoms with Crippen molar-refractivity contribution in [2.45, 2.75) is 51.1 Å². The Labute approximate surface area is 229 Å². The number of rotatable bonds is 10. The molecule has 2 aromatic rings. The van der Waals surface area contributed by atoms with Crippen LogP contribution in [0.15, 0.2) is 47.9 Å². The van der Waals surface area contributed by atoms with E-state index in [2.05, 4.69) is 4.98 Å². The minimum absolute atomic E-state index is 0.00418. The van der Waals surface area contributed by atoms with Crippen molar-refractivity contribution in [3.63, 3.8) is 0 Å². The lowest BCUT2D eigenvalue weighted by molar-refractivity contribution is -0.127. The molecule has 1 aliphatic carbocycles. The fraction of sp³-hybridized carbons (Fsp3) is 0.385. The third-order valence-electron chi connectivity index (χ3n) is 6.40. The number of carbonyl (C=O) groups excluding carboxylic acids is 2. The van der Waals surface area contributed by atoms with Gasteiger partial charge in [-0.05, 0) is 30.5 Å². The molecule has 1 heterocycles. The van der Waals surface area contributed by atoms with Gasteiger partial charge in [-0.25, -0.2) is 8.78 Å². The van der Waals surface area contributed by atoms with Crippen LogP contribution >= 0.6 is 34.8 Å². The largest absolute Gasteiger partial charge is 0.370 e. The van der Waals surface area contributed by atoms with Gasteiger partial charge in [-0.15, -0.1) is 0 Å². The fourth-order valence-electron chi connectivity index (χ4n) is 4.48. The molecule has 11 heteroatoms. The summed E-state index contributed by atoms with van der Waals surface area (Å²) in [5.41, 5.74) is -0.417. The normalized spacial score (nSPS) is 14.8. The lowest BCUT2D eigenvalue weighted by atomic mass is 9.93. The Morgan fingerprint density at radius 2 is 1.68 bits per heavy atom. The second-order valence-electron chi connectivity index (χ2n) is 8.84. The SMILES string of the molecule is CN(/C(=C(\C=N)C(=O)N(CC(=O)c1c(Cl)cncc1Cl)Cc1ccc(Cl)cc1)C(F)F)C1CCCCC1. The maximum atomic E-state index is 14.4. The summed E-state index contributed by atoms with van der Waals surface area (Å²) < 4.78 is 28.7. The van der Waals surface area contributed by atoms with E-state index in [1.807, 2.05) is 0 Å². The summed E-state index contributed by atoms with van der Waals surface area (Å²) in [6.45, 7) is -0.602. The van der Waals surface area contributed by atoms with Gasteiger partial charge in [-0.1, -0.05) is 66.2 Å². The highest BCUT2D eigenvalue weighted by molar-refractivity contribution is 6.39. The number of Topliss-reactive ketones (excluding diaryl/α,β-unsaturated/α-hetero) is 1. The molecule has 1 N–H and O–H groups in total. The number of aromatic nitrogens is 1. The van der Waals surface area contributed by atoms with E-state index in [-0.39, 0.29) is 28.2 Å². The molecule has 0 atom stereocenters. The third kappa shape index (κ3) is 7.27. The van der Waals surface area contributed by atoms with Crippen LogP contribution in [0, 0.1) is 5.41 Å². The number of nitrogens with one attached hydrogen (secondary N) is 1. The van der Waals surface area contributed by atoms with Gasteiger partial charge < -0.3 is 15.2 Å². The molecule has 0 aliphatic heterocycles. The van der Waals surface area contributed by atoms with Crippen molar-refractivity contribution in [3.8, 4) is 0 Å². The van der Waals surface area contributed by atoms with Gasteiger partial charge in [-0.2, -0.15) is 0 Å². The second kappa shape index (κ2) is 13.3. The Balaban J connectivity index is 2.02. The summed E-state index contributed by atoms with van der Waals surface area (Å²) in [6, 6.07) is 6.39. The van der Waals surface area contributed by atoms with Gasteiger partial charge in [0, 0.05) is 43.3 Å². The first-order chi connectivity index (χ1) is 17.6. The van der Waals surface area contributed by atoms with Crippen LogP contribution in [-0.2, 0) is 11.3 Å². The molecule has 37 heavy (non-hydrogen) atoms. The molecule has 0 unspecified atom stereocenters. The molecule has 1 fully saturated rings. The van der Waals surface area contributed by atoms with Crippen molar-refractivity contribution in [3.05, 3.63) is 74.1 Å². The zero-order chi connectivity index (χ0) is 27.1. The standard InChI is InChI=1S/C26H27Cl3F2N4O2/c1-34(18-5-3-2-4-6-18)24(25(30)31)19(11-32)26(37)35(14-16-7-9-17(27)10-8-16)15-22(36)23-20(28)12-33-13-21(23)29/h7-13,18,25,32H,2-6,14-15H2,1H3/b24-19+,32-11?. The number of allylic oxidation sites excluding steroid dienone is 1. The first-order valence-electron chi connectivity index (χ1n) is 11.8. The smallest absolute Gasteiger partial charge is 0.278 e. The molecule has 1 aliphatic rings. The van der Waals surface area contributed by atoms with E-state index in [9.17, 15) is 18.4 Å². The molecule has 1 aromatic carbocycles. The van der Waals surface area contributed by atoms with Gasteiger partial charge in [-0.3, -0.25) is 14.6 Å². The number of alkyl halides is 2. The van der Waals surface area contributed by atoms with E-state index < -0.39 is 35.9 Å². The van der Waals surface area contributed by atoms with Crippen LogP contribution in [0.5, 0.6) is 0 Å². The number of nitrogens with zero attached hydrogens (tertiary/aromatic N) is 3. The Hall–Kier alpha value is -2.55. The molecule has 198 valence electrons. The Bertz CT molecular complexity index is 1150. The maximum absolute atomic E-state index is 14.4. The lowest BCUT2D eigenvalue weighted by Gasteiger charge is -2.35. The van der Waals surface area contributed by atoms with Crippen molar-refractivity contribution < 1.29 is 18.4 Å². The summed E-state index contributed by atoms with van der Waals surface area (Å²) >= 11 is 18.2. The number of benzene rings is 1. The average molecular weight is 572 g/mol. The number of hydrogen-bond acceptors (Lipinski definition) is 5. The number of halogens is 5. The van der Waals surface area contributed by atoms with Crippen LogP contribution in [0.1, 0.15) is 48.0 Å². The Kier molecular flexibility index (Phi) is 10.4. The highest BCUT2D eigenvalue weighted by atomic mass is 35.5. The number of carbonyl (C=O) groups is 2. The molecule has 0 saturated heterocycles. The number of amides is 1. The van der Waals surface area contributed by atoms with Crippen LogP contribution < -0.4 is 0 Å². The monoisotopic (exact) mass is 570 g/mol. The van der Waals surface area contributed by atoms with Crippen LogP contribution in [0.4, 0.5) is 8.78 Å². The van der Waals surface area contributed by atoms with Gasteiger partial charge in [0.1, 0.15) is 0 Å². The third-order valence-corrected chi connectivity index (χ3v) is 7.23.